The normalized spacial score (nSPS) is 15.7. The summed E-state index contributed by atoms with van der Waals surface area (Å²) in [5, 5.41) is 9.08. The van der Waals surface area contributed by atoms with Gasteiger partial charge in [0.1, 0.15) is 5.75 Å². The fourth-order valence-electron chi connectivity index (χ4n) is 1.78. The van der Waals surface area contributed by atoms with E-state index in [9.17, 15) is 13.6 Å². The van der Waals surface area contributed by atoms with Gasteiger partial charge >= 0.3 is 6.61 Å². The Kier molecular flexibility index (Phi) is 3.76. The molecule has 98 valence electrons. The molecular formula is C12H13F2NO3. The number of rotatable bonds is 4. The first-order valence-corrected chi connectivity index (χ1v) is 5.54. The lowest BCUT2D eigenvalue weighted by molar-refractivity contribution is -0.140. The Labute approximate surface area is 103 Å². The second kappa shape index (κ2) is 5.30. The van der Waals surface area contributed by atoms with Gasteiger partial charge in [-0.1, -0.05) is 12.1 Å². The van der Waals surface area contributed by atoms with Gasteiger partial charge in [0.2, 0.25) is 5.91 Å². The fraction of sp³-hybridized carbons (Fsp3) is 0.417. The maximum atomic E-state index is 12.0. The molecule has 1 heterocycles. The van der Waals surface area contributed by atoms with E-state index >= 15 is 0 Å². The van der Waals surface area contributed by atoms with Crippen LogP contribution in [0.4, 0.5) is 8.78 Å². The summed E-state index contributed by atoms with van der Waals surface area (Å²) in [6.45, 7) is -2.19. The Morgan fingerprint density at radius 1 is 1.50 bits per heavy atom. The SMILES string of the molecule is O=C(Cc1cccc(OC(F)F)c1)N1CC(O)C1. The number of β-amino-alcohol motifs (C(OH)–C–C–N with tert-alkyl or cyclic N) is 1. The highest BCUT2D eigenvalue weighted by molar-refractivity contribution is 5.79. The maximum absolute atomic E-state index is 12.0. The molecule has 1 aliphatic rings. The summed E-state index contributed by atoms with van der Waals surface area (Å²) < 4.78 is 28.3. The van der Waals surface area contributed by atoms with Gasteiger partial charge in [-0.3, -0.25) is 4.79 Å². The third kappa shape index (κ3) is 3.16. The molecule has 0 saturated carbocycles. The highest BCUT2D eigenvalue weighted by Crippen LogP contribution is 2.17. The van der Waals surface area contributed by atoms with Crippen molar-refractivity contribution in [2.45, 2.75) is 19.1 Å². The van der Waals surface area contributed by atoms with Crippen LogP contribution in [0.1, 0.15) is 5.56 Å². The lowest BCUT2D eigenvalue weighted by Crippen LogP contribution is -2.53. The van der Waals surface area contributed by atoms with Crippen molar-refractivity contribution in [3.05, 3.63) is 29.8 Å². The van der Waals surface area contributed by atoms with Gasteiger partial charge in [0.05, 0.1) is 12.5 Å². The second-order valence-electron chi connectivity index (χ2n) is 4.16. The molecule has 1 N–H and O–H groups in total. The lowest BCUT2D eigenvalue weighted by Gasteiger charge is -2.35. The molecule has 4 nitrogen and oxygen atoms in total. The predicted molar refractivity (Wildman–Crippen MR) is 59.4 cm³/mol. The molecule has 18 heavy (non-hydrogen) atoms. The molecule has 0 radical (unpaired) electrons. The molecule has 0 unspecified atom stereocenters. The van der Waals surface area contributed by atoms with Crippen molar-refractivity contribution >= 4 is 5.91 Å². The van der Waals surface area contributed by atoms with Crippen LogP contribution in [0.3, 0.4) is 0 Å². The lowest BCUT2D eigenvalue weighted by atomic mass is 10.1. The zero-order valence-corrected chi connectivity index (χ0v) is 9.55. The van der Waals surface area contributed by atoms with E-state index in [1.165, 1.54) is 17.0 Å². The minimum absolute atomic E-state index is 0.0407. The van der Waals surface area contributed by atoms with Gasteiger partial charge in [-0.05, 0) is 17.7 Å². The quantitative estimate of drug-likeness (QED) is 0.876. The van der Waals surface area contributed by atoms with E-state index < -0.39 is 12.7 Å². The van der Waals surface area contributed by atoms with Crippen LogP contribution in [0.5, 0.6) is 5.75 Å². The van der Waals surface area contributed by atoms with E-state index in [0.29, 0.717) is 18.7 Å². The molecule has 0 aliphatic carbocycles. The van der Waals surface area contributed by atoms with Crippen LogP contribution in [0.2, 0.25) is 0 Å². The Hall–Kier alpha value is -1.69. The number of aliphatic hydroxyl groups is 1. The zero-order chi connectivity index (χ0) is 13.1. The Morgan fingerprint density at radius 3 is 2.83 bits per heavy atom. The highest BCUT2D eigenvalue weighted by Gasteiger charge is 2.28. The van der Waals surface area contributed by atoms with Gasteiger partial charge in [-0.15, -0.1) is 0 Å². The van der Waals surface area contributed by atoms with Crippen LogP contribution in [0.15, 0.2) is 24.3 Å². The number of hydrogen-bond acceptors (Lipinski definition) is 3. The summed E-state index contributed by atoms with van der Waals surface area (Å²) in [6.07, 6.45) is -0.324. The molecule has 1 fully saturated rings. The van der Waals surface area contributed by atoms with E-state index in [4.69, 9.17) is 5.11 Å². The molecular weight excluding hydrogens is 244 g/mol. The number of nitrogens with zero attached hydrogens (tertiary/aromatic N) is 1. The number of hydrogen-bond donors (Lipinski definition) is 1. The van der Waals surface area contributed by atoms with Gasteiger partial charge in [-0.25, -0.2) is 0 Å². The van der Waals surface area contributed by atoms with Crippen LogP contribution in [-0.4, -0.2) is 41.7 Å². The van der Waals surface area contributed by atoms with Crippen molar-refractivity contribution in [2.24, 2.45) is 0 Å². The van der Waals surface area contributed by atoms with Crippen molar-refractivity contribution in [2.75, 3.05) is 13.1 Å². The third-order valence-electron chi connectivity index (χ3n) is 2.69. The van der Waals surface area contributed by atoms with Gasteiger partial charge in [0.25, 0.3) is 0 Å². The van der Waals surface area contributed by atoms with Crippen molar-refractivity contribution < 1.29 is 23.4 Å². The number of benzene rings is 1. The van der Waals surface area contributed by atoms with Crippen LogP contribution < -0.4 is 4.74 Å². The summed E-state index contributed by atoms with van der Waals surface area (Å²) in [4.78, 5) is 13.2. The average Bonchev–Trinajstić information content (AvgIpc) is 2.24. The zero-order valence-electron chi connectivity index (χ0n) is 9.55. The van der Waals surface area contributed by atoms with E-state index in [1.807, 2.05) is 0 Å². The molecule has 2 rings (SSSR count). The van der Waals surface area contributed by atoms with E-state index in [-0.39, 0.29) is 18.1 Å². The maximum Gasteiger partial charge on any atom is 0.387 e. The number of likely N-dealkylation sites (tertiary alicyclic amines) is 1. The first-order valence-electron chi connectivity index (χ1n) is 5.54. The van der Waals surface area contributed by atoms with Gasteiger partial charge in [-0.2, -0.15) is 8.78 Å². The summed E-state index contributed by atoms with van der Waals surface area (Å²) in [5.41, 5.74) is 0.611. The number of halogens is 2. The number of carbonyl (C=O) groups excluding carboxylic acids is 1. The molecule has 1 aromatic carbocycles. The number of ether oxygens (including phenoxy) is 1. The number of amides is 1. The van der Waals surface area contributed by atoms with Crippen LogP contribution in [0, 0.1) is 0 Å². The molecule has 6 heteroatoms. The van der Waals surface area contributed by atoms with Crippen LogP contribution >= 0.6 is 0 Å². The number of aliphatic hydroxyl groups excluding tert-OH is 1. The largest absolute Gasteiger partial charge is 0.435 e. The number of carbonyl (C=O) groups is 1. The monoisotopic (exact) mass is 257 g/mol. The predicted octanol–water partition coefficient (Wildman–Crippen LogP) is 1.03. The molecule has 1 amide bonds. The van der Waals surface area contributed by atoms with Gasteiger partial charge < -0.3 is 14.7 Å². The minimum Gasteiger partial charge on any atom is -0.435 e. The Balaban J connectivity index is 1.94. The second-order valence-corrected chi connectivity index (χ2v) is 4.16. The number of alkyl halides is 2. The smallest absolute Gasteiger partial charge is 0.387 e. The Bertz CT molecular complexity index is 433. The van der Waals surface area contributed by atoms with Crippen LogP contribution in [-0.2, 0) is 11.2 Å². The Morgan fingerprint density at radius 2 is 2.22 bits per heavy atom. The van der Waals surface area contributed by atoms with Crippen LogP contribution in [0.25, 0.3) is 0 Å². The average molecular weight is 257 g/mol. The third-order valence-corrected chi connectivity index (χ3v) is 2.69. The molecule has 0 atom stereocenters. The van der Waals surface area contributed by atoms with Crippen molar-refractivity contribution in [3.8, 4) is 5.75 Å². The first-order chi connectivity index (χ1) is 8.54. The fourth-order valence-corrected chi connectivity index (χ4v) is 1.78. The van der Waals surface area contributed by atoms with Crippen molar-refractivity contribution in [3.63, 3.8) is 0 Å². The minimum atomic E-state index is -2.87. The van der Waals surface area contributed by atoms with Crippen molar-refractivity contribution in [1.82, 2.24) is 4.90 Å². The molecule has 1 aliphatic heterocycles. The topological polar surface area (TPSA) is 49.8 Å². The van der Waals surface area contributed by atoms with Gasteiger partial charge in [0.15, 0.2) is 0 Å². The molecule has 1 aromatic rings. The van der Waals surface area contributed by atoms with Crippen molar-refractivity contribution in [1.29, 1.82) is 0 Å². The standard InChI is InChI=1S/C12H13F2NO3/c13-12(14)18-10-3-1-2-8(4-10)5-11(17)15-6-9(16)7-15/h1-4,9,12,16H,5-7H2. The molecule has 0 spiro atoms. The molecule has 0 bridgehead atoms. The molecule has 1 saturated heterocycles. The summed E-state index contributed by atoms with van der Waals surface area (Å²) in [7, 11) is 0. The highest BCUT2D eigenvalue weighted by atomic mass is 19.3. The van der Waals surface area contributed by atoms with E-state index in [0.717, 1.165) is 0 Å². The van der Waals surface area contributed by atoms with Gasteiger partial charge in [0, 0.05) is 13.1 Å². The summed E-state index contributed by atoms with van der Waals surface area (Å²) in [6, 6.07) is 6.06. The first kappa shape index (κ1) is 12.8. The van der Waals surface area contributed by atoms with E-state index in [2.05, 4.69) is 4.74 Å². The van der Waals surface area contributed by atoms with E-state index in [1.54, 1.807) is 12.1 Å². The molecule has 0 aromatic heterocycles. The summed E-state index contributed by atoms with van der Waals surface area (Å²) in [5.74, 6) is -0.0894. The summed E-state index contributed by atoms with van der Waals surface area (Å²) >= 11 is 0.